The Hall–Kier alpha value is -6.03. The molecule has 0 saturated heterocycles. The van der Waals surface area contributed by atoms with E-state index in [1.54, 1.807) is 6.20 Å². The smallest absolute Gasteiger partial charge is 0.188 e. The van der Waals surface area contributed by atoms with Gasteiger partial charge in [-0.05, 0) is 22.9 Å². The number of pyridine rings is 2. The van der Waals surface area contributed by atoms with Gasteiger partial charge in [0.25, 0.3) is 0 Å². The molecule has 10 rings (SSSR count). The Bertz CT molecular complexity index is 2710. The van der Waals surface area contributed by atoms with Gasteiger partial charge in [-0.15, -0.1) is 0 Å². The maximum Gasteiger partial charge on any atom is 0.188 e. The van der Waals surface area contributed by atoms with E-state index >= 15 is 4.57 Å². The zero-order valence-electron chi connectivity index (χ0n) is 25.9. The minimum absolute atomic E-state index is 0.724. The van der Waals surface area contributed by atoms with Crippen molar-refractivity contribution in [3.63, 3.8) is 0 Å². The highest BCUT2D eigenvalue weighted by Gasteiger charge is 2.33. The van der Waals surface area contributed by atoms with E-state index in [1.165, 1.54) is 21.7 Å². The molecule has 0 fully saturated rings. The number of imidazole rings is 2. The van der Waals surface area contributed by atoms with Gasteiger partial charge in [0.2, 0.25) is 0 Å². The third-order valence-electron chi connectivity index (χ3n) is 9.17. The number of hydrogen-bond acceptors (Lipinski definition) is 3. The van der Waals surface area contributed by atoms with Crippen LogP contribution in [0.4, 0.5) is 0 Å². The molecular formula is C42H29N4OP. The number of para-hydroxylation sites is 2. The number of rotatable bonds is 3. The van der Waals surface area contributed by atoms with E-state index in [1.807, 2.05) is 97.3 Å². The van der Waals surface area contributed by atoms with Crippen LogP contribution in [-0.4, -0.2) is 18.8 Å². The molecule has 0 N–H and O–H groups in total. The van der Waals surface area contributed by atoms with Crippen molar-refractivity contribution in [2.45, 2.75) is 0 Å². The third-order valence-corrected chi connectivity index (χ3v) is 12.2. The van der Waals surface area contributed by atoms with Gasteiger partial charge in [0, 0.05) is 44.5 Å². The number of hydrogen-bond donors (Lipinski definition) is 0. The summed E-state index contributed by atoms with van der Waals surface area (Å²) in [5.41, 5.74) is 4.80. The summed E-state index contributed by atoms with van der Waals surface area (Å²) in [5.74, 6) is 0. The molecule has 0 atom stereocenters. The summed E-state index contributed by atoms with van der Waals surface area (Å²) < 4.78 is 19.3. The van der Waals surface area contributed by atoms with Crippen LogP contribution in [-0.2, 0) is 4.57 Å². The number of benzene rings is 6. The van der Waals surface area contributed by atoms with Gasteiger partial charge in [-0.25, -0.2) is 9.97 Å². The Balaban J connectivity index is 0.000000155. The lowest BCUT2D eigenvalue weighted by molar-refractivity contribution is 0.592. The fraction of sp³-hybridized carbons (Fsp3) is 0. The highest BCUT2D eigenvalue weighted by Crippen LogP contribution is 2.43. The van der Waals surface area contributed by atoms with Crippen LogP contribution in [0.5, 0.6) is 0 Å². The van der Waals surface area contributed by atoms with Crippen LogP contribution in [0.15, 0.2) is 176 Å². The molecule has 0 amide bonds. The van der Waals surface area contributed by atoms with E-state index in [-0.39, 0.29) is 0 Å². The fourth-order valence-corrected chi connectivity index (χ4v) is 9.73. The van der Waals surface area contributed by atoms with Crippen molar-refractivity contribution in [3.8, 4) is 0 Å². The van der Waals surface area contributed by atoms with E-state index < -0.39 is 7.14 Å². The van der Waals surface area contributed by atoms with E-state index in [9.17, 15) is 0 Å². The average Bonchev–Trinajstić information content (AvgIpc) is 3.86. The van der Waals surface area contributed by atoms with Crippen LogP contribution in [0.1, 0.15) is 0 Å². The summed E-state index contributed by atoms with van der Waals surface area (Å²) >= 11 is 0. The van der Waals surface area contributed by atoms with Crippen LogP contribution in [0, 0.1) is 0 Å². The molecule has 6 aromatic carbocycles. The molecule has 6 heteroatoms. The highest BCUT2D eigenvalue weighted by molar-refractivity contribution is 7.85. The Morgan fingerprint density at radius 1 is 0.438 bits per heavy atom. The first-order valence-corrected chi connectivity index (χ1v) is 17.7. The van der Waals surface area contributed by atoms with Gasteiger partial charge in [-0.3, -0.25) is 8.80 Å². The molecule has 5 nitrogen and oxygen atoms in total. The molecule has 0 saturated carbocycles. The average molecular weight is 637 g/mol. The number of nitrogens with zero attached hydrogens (tertiary/aromatic N) is 4. The second-order valence-corrected chi connectivity index (χ2v) is 14.5. The van der Waals surface area contributed by atoms with Crippen molar-refractivity contribution in [3.05, 3.63) is 176 Å². The largest absolute Gasteiger partial charge is 0.307 e. The van der Waals surface area contributed by atoms with Gasteiger partial charge in [-0.1, -0.05) is 146 Å². The van der Waals surface area contributed by atoms with Crippen molar-refractivity contribution < 1.29 is 4.57 Å². The molecule has 0 spiro atoms. The van der Waals surface area contributed by atoms with Crippen molar-refractivity contribution in [1.82, 2.24) is 18.8 Å². The minimum atomic E-state index is -3.16. The first-order chi connectivity index (χ1) is 23.7. The number of fused-ring (bicyclic) bond motifs is 12. The molecule has 10 aromatic rings. The first kappa shape index (κ1) is 28.2. The van der Waals surface area contributed by atoms with Crippen molar-refractivity contribution in [1.29, 1.82) is 0 Å². The van der Waals surface area contributed by atoms with Crippen LogP contribution in [0.3, 0.4) is 0 Å². The minimum Gasteiger partial charge on any atom is -0.307 e. The monoisotopic (exact) mass is 636 g/mol. The summed E-state index contributed by atoms with van der Waals surface area (Å²) in [6.07, 6.45) is 5.67. The van der Waals surface area contributed by atoms with E-state index in [0.717, 1.165) is 49.0 Å². The standard InChI is InChI=1S/C27H19N2OP.C15H10N2/c30-31(20-11-3-1-4-12-20,21-13-5-2-6-14-21)26-19-28-27-24-17-8-7-15-22(24)23-16-9-10-18-25(23)29(26)27;1-2-7-13-11(5-1)12-6-3-4-8-14(12)17-10-9-16-15(13)17/h1-19H;1-10H. The van der Waals surface area contributed by atoms with Gasteiger partial charge < -0.3 is 4.57 Å². The van der Waals surface area contributed by atoms with Gasteiger partial charge in [0.1, 0.15) is 16.7 Å². The maximum atomic E-state index is 15.0. The quantitative estimate of drug-likeness (QED) is 0.144. The summed E-state index contributed by atoms with van der Waals surface area (Å²) in [6.45, 7) is 0. The van der Waals surface area contributed by atoms with Gasteiger partial charge in [0.15, 0.2) is 7.14 Å². The van der Waals surface area contributed by atoms with Crippen molar-refractivity contribution in [2.24, 2.45) is 0 Å². The van der Waals surface area contributed by atoms with Gasteiger partial charge >= 0.3 is 0 Å². The second-order valence-electron chi connectivity index (χ2n) is 11.8. The lowest BCUT2D eigenvalue weighted by Gasteiger charge is -2.20. The molecule has 4 heterocycles. The maximum absolute atomic E-state index is 15.0. The summed E-state index contributed by atoms with van der Waals surface area (Å²) in [4.78, 5) is 9.26. The predicted octanol–water partition coefficient (Wildman–Crippen LogP) is 8.92. The molecule has 48 heavy (non-hydrogen) atoms. The zero-order chi connectivity index (χ0) is 32.1. The van der Waals surface area contributed by atoms with E-state index in [2.05, 4.69) is 86.6 Å². The molecule has 0 aliphatic rings. The van der Waals surface area contributed by atoms with E-state index in [4.69, 9.17) is 4.98 Å². The summed E-state index contributed by atoms with van der Waals surface area (Å²) in [6, 6.07) is 53.0. The Kier molecular flexibility index (Phi) is 6.67. The van der Waals surface area contributed by atoms with Crippen LogP contribution < -0.4 is 16.0 Å². The number of aromatic nitrogens is 4. The molecule has 0 aliphatic carbocycles. The summed E-state index contributed by atoms with van der Waals surface area (Å²) in [5, 5.41) is 8.68. The first-order valence-electron chi connectivity index (χ1n) is 15.9. The summed E-state index contributed by atoms with van der Waals surface area (Å²) in [7, 11) is -3.16. The molecule has 0 bridgehead atoms. The normalized spacial score (nSPS) is 11.8. The lowest BCUT2D eigenvalue weighted by atomic mass is 10.1. The molecule has 0 unspecified atom stereocenters. The van der Waals surface area contributed by atoms with Gasteiger partial charge in [0.05, 0.1) is 17.2 Å². The lowest BCUT2D eigenvalue weighted by Crippen LogP contribution is -2.27. The molecule has 4 aromatic heterocycles. The van der Waals surface area contributed by atoms with Crippen LogP contribution >= 0.6 is 7.14 Å². The van der Waals surface area contributed by atoms with Crippen LogP contribution in [0.2, 0.25) is 0 Å². The topological polar surface area (TPSA) is 51.7 Å². The Morgan fingerprint density at radius 3 is 1.50 bits per heavy atom. The Morgan fingerprint density at radius 2 is 0.896 bits per heavy atom. The predicted molar refractivity (Wildman–Crippen MR) is 200 cm³/mol. The van der Waals surface area contributed by atoms with Crippen LogP contribution in [0.25, 0.3) is 54.6 Å². The van der Waals surface area contributed by atoms with Crippen molar-refractivity contribution in [2.75, 3.05) is 0 Å². The van der Waals surface area contributed by atoms with Gasteiger partial charge in [-0.2, -0.15) is 0 Å². The fourth-order valence-electron chi connectivity index (χ4n) is 7.01. The second kappa shape index (κ2) is 11.3. The third kappa shape index (κ3) is 4.29. The van der Waals surface area contributed by atoms with Crippen molar-refractivity contribution >= 4 is 77.8 Å². The highest BCUT2D eigenvalue weighted by atomic mass is 31.2. The zero-order valence-corrected chi connectivity index (χ0v) is 26.8. The molecule has 228 valence electrons. The van der Waals surface area contributed by atoms with E-state index in [0.29, 0.717) is 0 Å². The molecule has 0 aliphatic heterocycles. The Labute approximate surface area is 276 Å². The molecule has 0 radical (unpaired) electrons. The molecular weight excluding hydrogens is 607 g/mol. The SMILES string of the molecule is O=P(c1ccccc1)(c1ccccc1)c1cnc2c3ccccc3c3ccccc3n12.c1ccc2c(c1)c1ccccc1n1ccnc21.